The Balaban J connectivity index is 1.37. The van der Waals surface area contributed by atoms with E-state index in [1.165, 1.54) is 29.4 Å². The SMILES string of the molecule is COc1ccc(N2c3ccc(/C=C4/C(=O)c5ccc(B(O)O)cc5C4=O)cc3C3CCCC32)cc1. The summed E-state index contributed by atoms with van der Waals surface area (Å²) in [5.41, 5.74) is 5.18. The Kier molecular flexibility index (Phi) is 5.13. The van der Waals surface area contributed by atoms with Gasteiger partial charge in [-0.15, -0.1) is 0 Å². The maximum atomic E-state index is 13.0. The Hall–Kier alpha value is -3.68. The summed E-state index contributed by atoms with van der Waals surface area (Å²) in [6, 6.07) is 19.0. The molecule has 2 N–H and O–H groups in total. The van der Waals surface area contributed by atoms with Gasteiger partial charge in [0, 0.05) is 34.5 Å². The van der Waals surface area contributed by atoms with Gasteiger partial charge in [0.1, 0.15) is 5.75 Å². The molecule has 6 nitrogen and oxygen atoms in total. The molecule has 35 heavy (non-hydrogen) atoms. The second-order valence-electron chi connectivity index (χ2n) is 9.39. The van der Waals surface area contributed by atoms with Gasteiger partial charge in [-0.1, -0.05) is 30.7 Å². The first kappa shape index (κ1) is 21.8. The van der Waals surface area contributed by atoms with Gasteiger partial charge in [0.2, 0.25) is 0 Å². The number of nitrogens with zero attached hydrogens (tertiary/aromatic N) is 1. The van der Waals surface area contributed by atoms with Crippen molar-refractivity contribution in [3.05, 3.63) is 88.5 Å². The summed E-state index contributed by atoms with van der Waals surface area (Å²) in [6.45, 7) is 0. The van der Waals surface area contributed by atoms with E-state index >= 15 is 0 Å². The number of carbonyl (C=O) groups excluding carboxylic acids is 2. The molecule has 174 valence electrons. The fraction of sp³-hybridized carbons (Fsp3) is 0.214. The Labute approximate surface area is 203 Å². The standard InChI is InChI=1S/C28H24BNO5/c1-35-19-9-7-18(8-10-19)30-25-4-2-3-20(25)22-13-16(5-12-26(22)30)14-24-27(31)21-11-6-17(29(33)34)15-23(21)28(24)32/h5-15,20,25,33-34H,2-4H2,1H3/b24-14-. The molecule has 0 bridgehead atoms. The third-order valence-corrected chi connectivity index (χ3v) is 7.50. The summed E-state index contributed by atoms with van der Waals surface area (Å²) in [5, 5.41) is 18.9. The molecule has 3 aromatic rings. The number of hydrogen-bond donors (Lipinski definition) is 2. The highest BCUT2D eigenvalue weighted by molar-refractivity contribution is 6.59. The normalized spacial score (nSPS) is 21.3. The molecule has 1 aliphatic heterocycles. The number of rotatable bonds is 4. The van der Waals surface area contributed by atoms with Crippen LogP contribution in [0.25, 0.3) is 6.08 Å². The molecule has 0 radical (unpaired) electrons. The monoisotopic (exact) mass is 465 g/mol. The van der Waals surface area contributed by atoms with E-state index in [-0.39, 0.29) is 28.2 Å². The van der Waals surface area contributed by atoms with Crippen molar-refractivity contribution < 1.29 is 24.4 Å². The summed E-state index contributed by atoms with van der Waals surface area (Å²) in [4.78, 5) is 28.4. The van der Waals surface area contributed by atoms with Gasteiger partial charge in [-0.05, 0) is 71.9 Å². The number of Topliss-reactive ketones (excluding diaryl/α,β-unsaturated/α-hetero) is 2. The molecule has 6 rings (SSSR count). The van der Waals surface area contributed by atoms with E-state index in [1.807, 2.05) is 18.2 Å². The number of methoxy groups -OCH3 is 1. The van der Waals surface area contributed by atoms with Crippen LogP contribution in [0, 0.1) is 0 Å². The first-order valence-corrected chi connectivity index (χ1v) is 11.8. The largest absolute Gasteiger partial charge is 0.497 e. The zero-order valence-electron chi connectivity index (χ0n) is 19.3. The number of ether oxygens (including phenoxy) is 1. The topological polar surface area (TPSA) is 87.1 Å². The van der Waals surface area contributed by atoms with Gasteiger partial charge in [-0.2, -0.15) is 0 Å². The Bertz CT molecular complexity index is 1390. The summed E-state index contributed by atoms with van der Waals surface area (Å²) in [7, 11) is -0.0304. The van der Waals surface area contributed by atoms with Gasteiger partial charge >= 0.3 is 7.12 Å². The Morgan fingerprint density at radius 2 is 1.71 bits per heavy atom. The molecular formula is C28H24BNO5. The molecule has 3 aromatic carbocycles. The van der Waals surface area contributed by atoms with Gasteiger partial charge in [-0.3, -0.25) is 9.59 Å². The van der Waals surface area contributed by atoms with Gasteiger partial charge in [0.15, 0.2) is 11.6 Å². The number of anilines is 2. The summed E-state index contributed by atoms with van der Waals surface area (Å²) in [6.07, 6.45) is 5.06. The minimum atomic E-state index is -1.69. The van der Waals surface area contributed by atoms with Crippen molar-refractivity contribution in [1.82, 2.24) is 0 Å². The summed E-state index contributed by atoms with van der Waals surface area (Å²) >= 11 is 0. The van der Waals surface area contributed by atoms with E-state index in [1.54, 1.807) is 13.2 Å². The van der Waals surface area contributed by atoms with Crippen LogP contribution in [-0.2, 0) is 0 Å². The predicted octanol–water partition coefficient (Wildman–Crippen LogP) is 3.63. The fourth-order valence-electron chi connectivity index (χ4n) is 5.84. The highest BCUT2D eigenvalue weighted by Crippen LogP contribution is 2.52. The van der Waals surface area contributed by atoms with Crippen molar-refractivity contribution in [2.75, 3.05) is 12.0 Å². The minimum Gasteiger partial charge on any atom is -0.497 e. The van der Waals surface area contributed by atoms with E-state index in [0.717, 1.165) is 36.3 Å². The zero-order valence-corrected chi connectivity index (χ0v) is 19.3. The first-order chi connectivity index (χ1) is 17.0. The first-order valence-electron chi connectivity index (χ1n) is 11.8. The molecule has 1 fully saturated rings. The molecule has 3 aliphatic rings. The van der Waals surface area contributed by atoms with Crippen molar-refractivity contribution in [3.8, 4) is 5.75 Å². The lowest BCUT2D eigenvalue weighted by Gasteiger charge is -2.27. The number of hydrogen-bond acceptors (Lipinski definition) is 6. The van der Waals surface area contributed by atoms with Crippen LogP contribution in [0.15, 0.2) is 66.2 Å². The van der Waals surface area contributed by atoms with E-state index in [4.69, 9.17) is 4.74 Å². The van der Waals surface area contributed by atoms with Crippen LogP contribution in [0.5, 0.6) is 5.75 Å². The molecule has 0 aromatic heterocycles. The molecule has 2 atom stereocenters. The van der Waals surface area contributed by atoms with Crippen molar-refractivity contribution in [2.45, 2.75) is 31.2 Å². The molecule has 2 unspecified atom stereocenters. The van der Waals surface area contributed by atoms with Crippen LogP contribution in [0.3, 0.4) is 0 Å². The zero-order chi connectivity index (χ0) is 24.3. The molecule has 1 saturated carbocycles. The number of ketones is 2. The van der Waals surface area contributed by atoms with E-state index in [0.29, 0.717) is 17.5 Å². The van der Waals surface area contributed by atoms with Gasteiger partial charge < -0.3 is 19.7 Å². The molecule has 0 spiro atoms. The second-order valence-corrected chi connectivity index (χ2v) is 9.39. The average Bonchev–Trinajstić information content (AvgIpc) is 3.53. The third-order valence-electron chi connectivity index (χ3n) is 7.50. The number of carbonyl (C=O) groups is 2. The molecule has 1 heterocycles. The lowest BCUT2D eigenvalue weighted by molar-refractivity contribution is 0.0990. The van der Waals surface area contributed by atoms with Crippen LogP contribution in [0.4, 0.5) is 11.4 Å². The maximum absolute atomic E-state index is 13.0. The maximum Gasteiger partial charge on any atom is 0.488 e. The minimum absolute atomic E-state index is 0.109. The van der Waals surface area contributed by atoms with Crippen LogP contribution >= 0.6 is 0 Å². The van der Waals surface area contributed by atoms with Gasteiger partial charge in [0.25, 0.3) is 0 Å². The van der Waals surface area contributed by atoms with E-state index < -0.39 is 7.12 Å². The third kappa shape index (κ3) is 3.42. The highest BCUT2D eigenvalue weighted by Gasteiger charge is 2.42. The second kappa shape index (κ2) is 8.22. The van der Waals surface area contributed by atoms with E-state index in [2.05, 4.69) is 29.2 Å². The van der Waals surface area contributed by atoms with Crippen molar-refractivity contribution >= 4 is 41.6 Å². The molecule has 0 amide bonds. The van der Waals surface area contributed by atoms with Crippen molar-refractivity contribution in [3.63, 3.8) is 0 Å². The van der Waals surface area contributed by atoms with Crippen LogP contribution in [0.1, 0.15) is 57.0 Å². The average molecular weight is 465 g/mol. The number of fused-ring (bicyclic) bond motifs is 4. The number of benzene rings is 3. The van der Waals surface area contributed by atoms with Crippen molar-refractivity contribution in [2.24, 2.45) is 0 Å². The van der Waals surface area contributed by atoms with Crippen molar-refractivity contribution in [1.29, 1.82) is 0 Å². The Morgan fingerprint density at radius 1 is 0.943 bits per heavy atom. The summed E-state index contributed by atoms with van der Waals surface area (Å²) < 4.78 is 5.32. The van der Waals surface area contributed by atoms with Gasteiger partial charge in [0.05, 0.1) is 12.7 Å². The van der Waals surface area contributed by atoms with E-state index in [9.17, 15) is 19.6 Å². The Morgan fingerprint density at radius 3 is 2.46 bits per heavy atom. The lowest BCUT2D eigenvalue weighted by atomic mass is 9.79. The molecule has 2 aliphatic carbocycles. The summed E-state index contributed by atoms with van der Waals surface area (Å²) in [5.74, 6) is 0.520. The van der Waals surface area contributed by atoms with Crippen LogP contribution in [-0.4, -0.2) is 41.9 Å². The smallest absolute Gasteiger partial charge is 0.488 e. The van der Waals surface area contributed by atoms with Crippen LogP contribution < -0.4 is 15.1 Å². The predicted molar refractivity (Wildman–Crippen MR) is 135 cm³/mol. The molecular weight excluding hydrogens is 441 g/mol. The molecule has 0 saturated heterocycles. The van der Waals surface area contributed by atoms with Gasteiger partial charge in [-0.25, -0.2) is 0 Å². The highest BCUT2D eigenvalue weighted by atomic mass is 16.5. The molecule has 7 heteroatoms. The lowest BCUT2D eigenvalue weighted by Crippen LogP contribution is -2.30. The van der Waals surface area contributed by atoms with Crippen LogP contribution in [0.2, 0.25) is 0 Å². The quantitative estimate of drug-likeness (QED) is 0.348. The fourth-order valence-corrected chi connectivity index (χ4v) is 5.84. The number of allylic oxidation sites excluding steroid dienone is 1.